The van der Waals surface area contributed by atoms with E-state index in [9.17, 15) is 0 Å². The van der Waals surface area contributed by atoms with Crippen LogP contribution in [0, 0.1) is 0 Å². The fourth-order valence-corrected chi connectivity index (χ4v) is 2.72. The average Bonchev–Trinajstić information content (AvgIpc) is 2.58. The number of para-hydroxylation sites is 1. The van der Waals surface area contributed by atoms with E-state index >= 15 is 0 Å². The van der Waals surface area contributed by atoms with Crippen LogP contribution in [-0.2, 0) is 13.0 Å². The van der Waals surface area contributed by atoms with Gasteiger partial charge in [0.2, 0.25) is 0 Å². The Morgan fingerprint density at radius 1 is 1.40 bits per heavy atom. The minimum Gasteiger partial charge on any atom is -0.359 e. The highest BCUT2D eigenvalue weighted by atomic mass is 31.0. The molecule has 2 nitrogen and oxygen atoms in total. The van der Waals surface area contributed by atoms with Gasteiger partial charge in [-0.1, -0.05) is 33.1 Å². The molecular formula is C11H14BN2P. The highest BCUT2D eigenvalue weighted by Gasteiger charge is 2.18. The molecule has 1 aliphatic rings. The van der Waals surface area contributed by atoms with Crippen molar-refractivity contribution in [1.82, 2.24) is 9.65 Å². The monoisotopic (exact) mass is 216 g/mol. The number of hydrogen-bond donors (Lipinski definition) is 1. The van der Waals surface area contributed by atoms with E-state index < -0.39 is 0 Å². The molecule has 1 N–H and O–H groups in total. The molecule has 2 heterocycles. The summed E-state index contributed by atoms with van der Waals surface area (Å²) < 4.78 is 2.30. The van der Waals surface area contributed by atoms with Crippen molar-refractivity contribution in [2.75, 3.05) is 6.54 Å². The topological polar surface area (TPSA) is 19.0 Å². The molecule has 0 saturated heterocycles. The number of aromatic nitrogens is 1. The second-order valence-electron chi connectivity index (χ2n) is 4.30. The molecule has 0 amide bonds. The molecule has 0 aliphatic carbocycles. The van der Waals surface area contributed by atoms with Crippen LogP contribution in [-0.4, -0.2) is 24.0 Å². The summed E-state index contributed by atoms with van der Waals surface area (Å²) in [4.78, 5) is 3.57. The third-order valence-electron chi connectivity index (χ3n) is 3.25. The maximum absolute atomic E-state index is 3.57. The third-order valence-corrected chi connectivity index (χ3v) is 3.69. The molecule has 4 heteroatoms. The van der Waals surface area contributed by atoms with E-state index in [0.717, 1.165) is 19.5 Å². The average molecular weight is 216 g/mol. The summed E-state index contributed by atoms with van der Waals surface area (Å²) in [7, 11) is 4.97. The highest BCUT2D eigenvalue weighted by molar-refractivity contribution is 7.13. The quantitative estimate of drug-likeness (QED) is 0.504. The van der Waals surface area contributed by atoms with Crippen LogP contribution in [0.3, 0.4) is 0 Å². The molecule has 15 heavy (non-hydrogen) atoms. The van der Waals surface area contributed by atoms with Gasteiger partial charge in [-0.25, -0.2) is 0 Å². The lowest BCUT2D eigenvalue weighted by molar-refractivity contribution is 0.443. The van der Waals surface area contributed by atoms with Gasteiger partial charge in [-0.05, 0) is 5.56 Å². The van der Waals surface area contributed by atoms with E-state index in [1.54, 1.807) is 0 Å². The van der Waals surface area contributed by atoms with Crippen LogP contribution in [0.5, 0.6) is 0 Å². The van der Waals surface area contributed by atoms with Crippen molar-refractivity contribution in [3.63, 3.8) is 0 Å². The molecule has 1 aliphatic heterocycles. The molecule has 3 rings (SSSR count). The summed E-state index contributed by atoms with van der Waals surface area (Å²) in [6.07, 6.45) is 1.13. The lowest BCUT2D eigenvalue weighted by Gasteiger charge is -2.21. The largest absolute Gasteiger partial charge is 0.359 e. The van der Waals surface area contributed by atoms with Crippen LogP contribution >= 0.6 is 9.39 Å². The Morgan fingerprint density at radius 3 is 3.13 bits per heavy atom. The van der Waals surface area contributed by atoms with Crippen LogP contribution in [0.25, 0.3) is 10.9 Å². The number of hydrogen-bond acceptors (Lipinski definition) is 1. The van der Waals surface area contributed by atoms with Crippen molar-refractivity contribution < 1.29 is 0 Å². The van der Waals surface area contributed by atoms with E-state index in [1.165, 1.54) is 27.6 Å². The first-order valence-corrected chi connectivity index (χ1v) is 5.86. The number of H-pyrrole nitrogens is 1. The van der Waals surface area contributed by atoms with Crippen LogP contribution in [0.15, 0.2) is 18.2 Å². The Balaban J connectivity index is 2.29. The predicted octanol–water partition coefficient (Wildman–Crippen LogP) is 0.575. The van der Waals surface area contributed by atoms with Gasteiger partial charge in [0, 0.05) is 36.1 Å². The fourth-order valence-electron chi connectivity index (χ4n) is 2.41. The standard InChI is InChI=1S/C11H14BN2P/c12-9-3-1-2-7-8-6-14(15)5-4-10(8)13-11(7)9/h1-3,13H,4-6,12,15H2. The molecule has 0 fully saturated rings. The normalized spacial score (nSPS) is 16.9. The predicted molar refractivity (Wildman–Crippen MR) is 70.3 cm³/mol. The molecule has 2 aromatic rings. The molecule has 1 aromatic carbocycles. The molecule has 1 aromatic heterocycles. The summed E-state index contributed by atoms with van der Waals surface area (Å²) in [6, 6.07) is 6.54. The number of benzene rings is 1. The Kier molecular flexibility index (Phi) is 2.12. The van der Waals surface area contributed by atoms with E-state index in [0.29, 0.717) is 0 Å². The highest BCUT2D eigenvalue weighted by Crippen LogP contribution is 2.27. The van der Waals surface area contributed by atoms with Crippen LogP contribution in [0.1, 0.15) is 11.3 Å². The van der Waals surface area contributed by atoms with Gasteiger partial charge in [0.15, 0.2) is 0 Å². The minimum atomic E-state index is 1.05. The van der Waals surface area contributed by atoms with Crippen molar-refractivity contribution in [3.05, 3.63) is 29.5 Å². The molecule has 0 radical (unpaired) electrons. The molecule has 76 valence electrons. The first-order valence-electron chi connectivity index (χ1n) is 5.34. The molecule has 0 spiro atoms. The maximum Gasteiger partial charge on any atom is 0.142 e. The number of nitrogens with one attached hydrogen (secondary N) is 1. The minimum absolute atomic E-state index is 1.05. The Labute approximate surface area is 92.7 Å². The third kappa shape index (κ3) is 1.42. The van der Waals surface area contributed by atoms with E-state index in [2.05, 4.69) is 45.1 Å². The summed E-state index contributed by atoms with van der Waals surface area (Å²) in [5, 5.41) is 1.40. The Morgan fingerprint density at radius 2 is 2.27 bits per heavy atom. The van der Waals surface area contributed by atoms with Gasteiger partial charge in [-0.15, -0.1) is 0 Å². The van der Waals surface area contributed by atoms with Gasteiger partial charge in [-0.3, -0.25) is 4.67 Å². The van der Waals surface area contributed by atoms with Crippen molar-refractivity contribution in [1.29, 1.82) is 0 Å². The molecule has 0 saturated carbocycles. The van der Waals surface area contributed by atoms with E-state index in [1.807, 2.05) is 0 Å². The molecule has 0 bridgehead atoms. The zero-order valence-corrected chi connectivity index (χ0v) is 10.0. The summed E-state index contributed by atoms with van der Waals surface area (Å²) in [5.74, 6) is 0. The van der Waals surface area contributed by atoms with Crippen molar-refractivity contribution in [3.8, 4) is 0 Å². The second-order valence-corrected chi connectivity index (χ2v) is 5.03. The van der Waals surface area contributed by atoms with Crippen molar-refractivity contribution in [2.45, 2.75) is 13.0 Å². The van der Waals surface area contributed by atoms with Gasteiger partial charge < -0.3 is 4.98 Å². The second kappa shape index (κ2) is 3.36. The lowest BCUT2D eigenvalue weighted by Crippen LogP contribution is -2.20. The zero-order valence-electron chi connectivity index (χ0n) is 8.88. The van der Waals surface area contributed by atoms with Gasteiger partial charge in [0.05, 0.1) is 0 Å². The van der Waals surface area contributed by atoms with Crippen LogP contribution in [0.2, 0.25) is 0 Å². The Hall–Kier alpha value is -0.785. The molecule has 1 atom stereocenters. The number of fused-ring (bicyclic) bond motifs is 3. The Bertz CT molecular complexity index is 521. The number of rotatable bonds is 0. The van der Waals surface area contributed by atoms with Gasteiger partial charge >= 0.3 is 0 Å². The first-order chi connectivity index (χ1) is 7.25. The maximum atomic E-state index is 3.57. The van der Waals surface area contributed by atoms with Crippen LogP contribution < -0.4 is 5.46 Å². The number of aromatic amines is 1. The van der Waals surface area contributed by atoms with Gasteiger partial charge in [-0.2, -0.15) is 0 Å². The van der Waals surface area contributed by atoms with Crippen molar-refractivity contribution in [2.24, 2.45) is 0 Å². The zero-order chi connectivity index (χ0) is 10.4. The molecular weight excluding hydrogens is 202 g/mol. The summed E-state index contributed by atoms with van der Waals surface area (Å²) in [6.45, 7) is 2.17. The van der Waals surface area contributed by atoms with E-state index in [-0.39, 0.29) is 0 Å². The molecule has 1 unspecified atom stereocenters. The van der Waals surface area contributed by atoms with E-state index in [4.69, 9.17) is 0 Å². The SMILES string of the molecule is Bc1cccc2c3c([nH]c12)CCN(P)C3. The van der Waals surface area contributed by atoms with Gasteiger partial charge in [0.25, 0.3) is 0 Å². The smallest absolute Gasteiger partial charge is 0.142 e. The first kappa shape index (κ1) is 9.44. The lowest BCUT2D eigenvalue weighted by atomic mass is 9.93. The summed E-state index contributed by atoms with van der Waals surface area (Å²) >= 11 is 0. The van der Waals surface area contributed by atoms with Crippen molar-refractivity contribution >= 4 is 33.6 Å². The summed E-state index contributed by atoms with van der Waals surface area (Å²) in [5.41, 5.74) is 5.58. The fraction of sp³-hybridized carbons (Fsp3) is 0.273. The number of nitrogens with zero attached hydrogens (tertiary/aromatic N) is 1. The van der Waals surface area contributed by atoms with Crippen LogP contribution in [0.4, 0.5) is 0 Å². The van der Waals surface area contributed by atoms with Gasteiger partial charge in [0.1, 0.15) is 7.85 Å².